The van der Waals surface area contributed by atoms with Gasteiger partial charge in [-0.2, -0.15) is 0 Å². The van der Waals surface area contributed by atoms with Gasteiger partial charge in [0, 0.05) is 12.5 Å². The van der Waals surface area contributed by atoms with Crippen molar-refractivity contribution in [1.82, 2.24) is 0 Å². The zero-order valence-electron chi connectivity index (χ0n) is 16.5. The van der Waals surface area contributed by atoms with Gasteiger partial charge < -0.3 is 15.2 Å². The van der Waals surface area contributed by atoms with Gasteiger partial charge in [-0.25, -0.2) is 9.69 Å². The Balaban J connectivity index is 1.81. The minimum absolute atomic E-state index is 0.106. The molecule has 2 amide bonds. The summed E-state index contributed by atoms with van der Waals surface area (Å²) in [5.74, 6) is -2.71. The topological polar surface area (TPSA) is 101 Å². The molecule has 0 aromatic heterocycles. The summed E-state index contributed by atoms with van der Waals surface area (Å²) in [5, 5.41) is 11.4. The van der Waals surface area contributed by atoms with Gasteiger partial charge in [0.15, 0.2) is 0 Å². The van der Waals surface area contributed by atoms with E-state index in [1.165, 1.54) is 24.1 Å². The summed E-state index contributed by atoms with van der Waals surface area (Å²) in [6, 6.07) is 13.2. The van der Waals surface area contributed by atoms with Crippen molar-refractivity contribution in [3.05, 3.63) is 59.7 Å². The highest BCUT2D eigenvalue weighted by Crippen LogP contribution is 2.45. The number of aromatic hydroxyl groups is 1. The summed E-state index contributed by atoms with van der Waals surface area (Å²) >= 11 is 0. The van der Waals surface area contributed by atoms with E-state index in [0.717, 1.165) is 11.1 Å². The molecule has 2 saturated heterocycles. The SMILES string of the molecule is COC(=O)[C@]1(C)[NH2+][C@@H](c2ccc(O)cc2)[C@H]2C(=O)N(c3ccc(C)cc3)C(=O)[C@H]21. The van der Waals surface area contributed by atoms with Crippen molar-refractivity contribution in [2.45, 2.75) is 25.4 Å². The molecule has 2 aliphatic heterocycles. The van der Waals surface area contributed by atoms with Crippen LogP contribution in [0.2, 0.25) is 0 Å². The van der Waals surface area contributed by atoms with Crippen LogP contribution in [-0.2, 0) is 19.1 Å². The number of esters is 1. The lowest BCUT2D eigenvalue weighted by Crippen LogP contribution is -2.97. The van der Waals surface area contributed by atoms with Crippen molar-refractivity contribution < 1.29 is 29.5 Å². The number of quaternary nitrogens is 1. The van der Waals surface area contributed by atoms with Crippen LogP contribution in [0, 0.1) is 18.8 Å². The van der Waals surface area contributed by atoms with Gasteiger partial charge in [0.2, 0.25) is 17.4 Å². The molecule has 150 valence electrons. The first-order valence-electron chi connectivity index (χ1n) is 9.46. The van der Waals surface area contributed by atoms with E-state index >= 15 is 0 Å². The Morgan fingerprint density at radius 2 is 1.69 bits per heavy atom. The van der Waals surface area contributed by atoms with Crippen molar-refractivity contribution in [3.8, 4) is 5.75 Å². The van der Waals surface area contributed by atoms with Crippen molar-refractivity contribution in [3.63, 3.8) is 0 Å². The third-order valence-electron chi connectivity index (χ3n) is 6.11. The van der Waals surface area contributed by atoms with Crippen LogP contribution < -0.4 is 10.2 Å². The maximum atomic E-state index is 13.4. The highest BCUT2D eigenvalue weighted by Gasteiger charge is 2.70. The van der Waals surface area contributed by atoms with Crippen LogP contribution in [-0.4, -0.2) is 35.5 Å². The number of ether oxygens (including phenoxy) is 1. The van der Waals surface area contributed by atoms with Crippen LogP contribution >= 0.6 is 0 Å². The summed E-state index contributed by atoms with van der Waals surface area (Å²) in [4.78, 5) is 40.7. The summed E-state index contributed by atoms with van der Waals surface area (Å²) in [7, 11) is 1.28. The number of rotatable bonds is 3. The number of carbonyl (C=O) groups is 3. The number of imide groups is 1. The number of phenolic OH excluding ortho intramolecular Hbond substituents is 1. The van der Waals surface area contributed by atoms with E-state index in [9.17, 15) is 19.5 Å². The Labute approximate surface area is 168 Å². The third kappa shape index (κ3) is 2.81. The zero-order chi connectivity index (χ0) is 20.9. The normalized spacial score (nSPS) is 28.5. The van der Waals surface area contributed by atoms with Gasteiger partial charge in [0.1, 0.15) is 23.6 Å². The summed E-state index contributed by atoms with van der Waals surface area (Å²) < 4.78 is 5.00. The zero-order valence-corrected chi connectivity index (χ0v) is 16.5. The van der Waals surface area contributed by atoms with Gasteiger partial charge >= 0.3 is 5.97 Å². The number of carbonyl (C=O) groups excluding carboxylic acids is 3. The molecule has 7 nitrogen and oxygen atoms in total. The van der Waals surface area contributed by atoms with Crippen LogP contribution in [0.5, 0.6) is 5.75 Å². The highest BCUT2D eigenvalue weighted by molar-refractivity contribution is 6.23. The van der Waals surface area contributed by atoms with E-state index in [0.29, 0.717) is 5.69 Å². The molecular weight excluding hydrogens is 372 g/mol. The molecule has 2 aromatic carbocycles. The molecule has 0 saturated carbocycles. The van der Waals surface area contributed by atoms with E-state index in [-0.39, 0.29) is 11.7 Å². The first kappa shape index (κ1) is 19.1. The van der Waals surface area contributed by atoms with Gasteiger partial charge in [0.25, 0.3) is 0 Å². The Hall–Kier alpha value is -3.19. The summed E-state index contributed by atoms with van der Waals surface area (Å²) in [5.41, 5.74) is 1.05. The molecule has 0 unspecified atom stereocenters. The number of benzene rings is 2. The second kappa shape index (κ2) is 6.70. The van der Waals surface area contributed by atoms with Crippen molar-refractivity contribution in [2.24, 2.45) is 11.8 Å². The highest BCUT2D eigenvalue weighted by atomic mass is 16.5. The quantitative estimate of drug-likeness (QED) is 0.598. The number of nitrogens with two attached hydrogens (primary N) is 1. The lowest BCUT2D eigenvalue weighted by atomic mass is 9.80. The molecule has 0 bridgehead atoms. The van der Waals surface area contributed by atoms with Gasteiger partial charge in [-0.3, -0.25) is 9.59 Å². The van der Waals surface area contributed by atoms with E-state index in [1.54, 1.807) is 36.5 Å². The Morgan fingerprint density at radius 3 is 2.28 bits per heavy atom. The molecule has 29 heavy (non-hydrogen) atoms. The van der Waals surface area contributed by atoms with Gasteiger partial charge in [-0.15, -0.1) is 0 Å². The monoisotopic (exact) mass is 395 g/mol. The van der Waals surface area contributed by atoms with Gasteiger partial charge in [0.05, 0.1) is 12.8 Å². The summed E-state index contributed by atoms with van der Waals surface area (Å²) in [6.45, 7) is 3.58. The average Bonchev–Trinajstić information content (AvgIpc) is 3.17. The Kier molecular flexibility index (Phi) is 4.42. The number of fused-ring (bicyclic) bond motifs is 1. The molecule has 0 spiro atoms. The second-order valence-corrected chi connectivity index (χ2v) is 7.91. The fourth-order valence-corrected chi connectivity index (χ4v) is 4.63. The number of hydrogen-bond donors (Lipinski definition) is 2. The lowest BCUT2D eigenvalue weighted by Gasteiger charge is -2.25. The molecule has 4 atom stereocenters. The van der Waals surface area contributed by atoms with Crippen molar-refractivity contribution in [1.29, 1.82) is 0 Å². The largest absolute Gasteiger partial charge is 0.508 e. The van der Waals surface area contributed by atoms with Crippen LogP contribution in [0.25, 0.3) is 0 Å². The van der Waals surface area contributed by atoms with Gasteiger partial charge in [-0.1, -0.05) is 17.7 Å². The second-order valence-electron chi connectivity index (χ2n) is 7.91. The summed E-state index contributed by atoms with van der Waals surface area (Å²) in [6.07, 6.45) is 0. The smallest absolute Gasteiger partial charge is 0.368 e. The minimum Gasteiger partial charge on any atom is -0.508 e. The third-order valence-corrected chi connectivity index (χ3v) is 6.11. The van der Waals surface area contributed by atoms with Crippen LogP contribution in [0.3, 0.4) is 0 Å². The van der Waals surface area contributed by atoms with Crippen LogP contribution in [0.15, 0.2) is 48.5 Å². The molecule has 3 N–H and O–H groups in total. The number of anilines is 1. The maximum absolute atomic E-state index is 13.4. The van der Waals surface area contributed by atoms with E-state index < -0.39 is 35.3 Å². The van der Waals surface area contributed by atoms with Crippen molar-refractivity contribution >= 4 is 23.5 Å². The fraction of sp³-hybridized carbons (Fsp3) is 0.318. The minimum atomic E-state index is -1.23. The standard InChI is InChI=1S/C22H22N2O5/c1-12-4-8-14(9-5-12)24-19(26)16-17(20(24)27)22(2,21(28)29-3)23-18(16)13-6-10-15(25)11-7-13/h4-11,16-18,23,25H,1-3H3/p+1/t16-,17-,18-,22+/m0/s1. The molecule has 7 heteroatoms. The van der Waals surface area contributed by atoms with E-state index in [2.05, 4.69) is 0 Å². The number of aryl methyl sites for hydroxylation is 1. The number of nitrogens with zero attached hydrogens (tertiary/aromatic N) is 1. The number of phenols is 1. The number of methoxy groups -OCH3 is 1. The predicted octanol–water partition coefficient (Wildman–Crippen LogP) is 1.06. The molecule has 2 aliphatic rings. The predicted molar refractivity (Wildman–Crippen MR) is 104 cm³/mol. The molecule has 2 heterocycles. The molecular formula is C22H23N2O5+. The Morgan fingerprint density at radius 1 is 1.07 bits per heavy atom. The number of hydrogen-bond acceptors (Lipinski definition) is 5. The number of amides is 2. The van der Waals surface area contributed by atoms with E-state index in [4.69, 9.17) is 4.74 Å². The molecule has 2 fully saturated rings. The Bertz CT molecular complexity index is 985. The van der Waals surface area contributed by atoms with Crippen LogP contribution in [0.4, 0.5) is 5.69 Å². The lowest BCUT2D eigenvalue weighted by molar-refractivity contribution is -0.730. The molecule has 4 rings (SSSR count). The first-order valence-corrected chi connectivity index (χ1v) is 9.46. The fourth-order valence-electron chi connectivity index (χ4n) is 4.63. The average molecular weight is 395 g/mol. The van der Waals surface area contributed by atoms with Crippen LogP contribution in [0.1, 0.15) is 24.1 Å². The maximum Gasteiger partial charge on any atom is 0.368 e. The first-order chi connectivity index (χ1) is 13.8. The molecule has 0 radical (unpaired) electrons. The molecule has 0 aliphatic carbocycles. The molecule has 2 aromatic rings. The van der Waals surface area contributed by atoms with Gasteiger partial charge in [-0.05, 0) is 43.3 Å². The van der Waals surface area contributed by atoms with Crippen molar-refractivity contribution in [2.75, 3.05) is 12.0 Å². The van der Waals surface area contributed by atoms with E-state index in [1.807, 2.05) is 19.1 Å².